The molecule has 0 saturated carbocycles. The molecule has 1 aliphatic carbocycles. The quantitative estimate of drug-likeness (QED) is 0.494. The average molecular weight is 168 g/mol. The van der Waals surface area contributed by atoms with Crippen molar-refractivity contribution in [3.63, 3.8) is 0 Å². The summed E-state index contributed by atoms with van der Waals surface area (Å²) in [7, 11) is 0. The second-order valence-corrected chi connectivity index (χ2v) is 4.33. The van der Waals surface area contributed by atoms with Crippen LogP contribution < -0.4 is 0 Å². The van der Waals surface area contributed by atoms with Crippen LogP contribution in [0.4, 0.5) is 0 Å². The van der Waals surface area contributed by atoms with Gasteiger partial charge in [0, 0.05) is 5.41 Å². The van der Waals surface area contributed by atoms with Gasteiger partial charge in [-0.3, -0.25) is 0 Å². The van der Waals surface area contributed by atoms with E-state index in [0.29, 0.717) is 0 Å². The molecule has 0 aromatic carbocycles. The molecule has 1 aliphatic rings. The second-order valence-electron chi connectivity index (χ2n) is 4.33. The first-order chi connectivity index (χ1) is 5.58. The van der Waals surface area contributed by atoms with Crippen LogP contribution in [0, 0.1) is 5.41 Å². The highest BCUT2D eigenvalue weighted by molar-refractivity contribution is 5.38. The van der Waals surface area contributed by atoms with Crippen LogP contribution in [0.25, 0.3) is 0 Å². The van der Waals surface area contributed by atoms with Gasteiger partial charge in [-0.1, -0.05) is 46.1 Å². The summed E-state index contributed by atoms with van der Waals surface area (Å²) in [4.78, 5) is 0. The molecule has 1 heteroatoms. The maximum Gasteiger partial charge on any atom is 0.0758 e. The van der Waals surface area contributed by atoms with Crippen molar-refractivity contribution >= 4 is 0 Å². The molecule has 0 aromatic heterocycles. The van der Waals surface area contributed by atoms with Gasteiger partial charge in [0.15, 0.2) is 0 Å². The van der Waals surface area contributed by atoms with Gasteiger partial charge in [-0.2, -0.15) is 0 Å². The lowest BCUT2D eigenvalue weighted by atomic mass is 10.00. The number of rotatable bonds is 5. The van der Waals surface area contributed by atoms with E-state index in [1.54, 1.807) is 0 Å². The lowest BCUT2D eigenvalue weighted by Crippen LogP contribution is -2.09. The smallest absolute Gasteiger partial charge is 0.0758 e. The van der Waals surface area contributed by atoms with Crippen LogP contribution in [0.2, 0.25) is 0 Å². The zero-order chi connectivity index (χ0) is 9.19. The Kier molecular flexibility index (Phi) is 2.94. The summed E-state index contributed by atoms with van der Waals surface area (Å²) in [5.41, 5.74) is 1.48. The predicted molar refractivity (Wildman–Crippen MR) is 52.0 cm³/mol. The molecule has 0 saturated heterocycles. The fourth-order valence-electron chi connectivity index (χ4n) is 1.62. The summed E-state index contributed by atoms with van der Waals surface area (Å²) in [6.45, 7) is 6.50. The average Bonchev–Trinajstić information content (AvgIpc) is 2.60. The van der Waals surface area contributed by atoms with E-state index in [9.17, 15) is 5.11 Å². The molecule has 70 valence electrons. The number of aliphatic hydroxyl groups is 1. The largest absolute Gasteiger partial charge is 0.389 e. The maximum absolute atomic E-state index is 9.68. The fourth-order valence-corrected chi connectivity index (χ4v) is 1.62. The van der Waals surface area contributed by atoms with Crippen molar-refractivity contribution in [1.82, 2.24) is 0 Å². The first-order valence-electron chi connectivity index (χ1n) is 4.99. The van der Waals surface area contributed by atoms with E-state index >= 15 is 0 Å². The summed E-state index contributed by atoms with van der Waals surface area (Å²) < 4.78 is 0. The third-order valence-corrected chi connectivity index (χ3v) is 2.62. The fraction of sp³-hybridized carbons (Fsp3) is 0.818. The van der Waals surface area contributed by atoms with Crippen molar-refractivity contribution in [2.24, 2.45) is 5.41 Å². The minimum Gasteiger partial charge on any atom is -0.389 e. The van der Waals surface area contributed by atoms with E-state index in [-0.39, 0.29) is 11.5 Å². The van der Waals surface area contributed by atoms with Crippen LogP contribution in [0.5, 0.6) is 0 Å². The highest BCUT2D eigenvalue weighted by atomic mass is 16.3. The Bertz CT molecular complexity index is 179. The van der Waals surface area contributed by atoms with Crippen molar-refractivity contribution in [2.45, 2.75) is 52.6 Å². The number of allylic oxidation sites excluding steroid dienone is 1. The molecule has 0 radical (unpaired) electrons. The zero-order valence-electron chi connectivity index (χ0n) is 8.43. The zero-order valence-corrected chi connectivity index (χ0v) is 8.43. The van der Waals surface area contributed by atoms with Crippen molar-refractivity contribution in [3.05, 3.63) is 11.6 Å². The van der Waals surface area contributed by atoms with Crippen molar-refractivity contribution < 1.29 is 5.11 Å². The minimum absolute atomic E-state index is 0.161. The number of hydrogen-bond donors (Lipinski definition) is 1. The summed E-state index contributed by atoms with van der Waals surface area (Å²) in [6, 6.07) is 0. The van der Waals surface area contributed by atoms with Crippen molar-refractivity contribution in [1.29, 1.82) is 0 Å². The van der Waals surface area contributed by atoms with Crippen LogP contribution in [-0.4, -0.2) is 11.2 Å². The van der Waals surface area contributed by atoms with E-state index in [0.717, 1.165) is 12.8 Å². The number of hydrogen-bond acceptors (Lipinski definition) is 1. The normalized spacial score (nSPS) is 21.8. The number of aliphatic hydroxyl groups excluding tert-OH is 1. The van der Waals surface area contributed by atoms with Gasteiger partial charge in [-0.15, -0.1) is 0 Å². The van der Waals surface area contributed by atoms with Crippen LogP contribution in [0.3, 0.4) is 0 Å². The van der Waals surface area contributed by atoms with Gasteiger partial charge in [0.2, 0.25) is 0 Å². The van der Waals surface area contributed by atoms with Gasteiger partial charge < -0.3 is 5.11 Å². The van der Waals surface area contributed by atoms with Crippen LogP contribution >= 0.6 is 0 Å². The van der Waals surface area contributed by atoms with Gasteiger partial charge in [0.1, 0.15) is 0 Å². The molecule has 12 heavy (non-hydrogen) atoms. The summed E-state index contributed by atoms with van der Waals surface area (Å²) >= 11 is 0. The molecular formula is C11H20O. The van der Waals surface area contributed by atoms with E-state index in [2.05, 4.69) is 26.8 Å². The number of unbranched alkanes of at least 4 members (excludes halogenated alkanes) is 2. The molecule has 0 heterocycles. The molecule has 0 fully saturated rings. The van der Waals surface area contributed by atoms with E-state index in [4.69, 9.17) is 0 Å². The Hall–Kier alpha value is -0.300. The Labute approximate surface area is 75.5 Å². The van der Waals surface area contributed by atoms with E-state index in [1.165, 1.54) is 18.4 Å². The van der Waals surface area contributed by atoms with Gasteiger partial charge >= 0.3 is 0 Å². The van der Waals surface area contributed by atoms with Crippen molar-refractivity contribution in [2.75, 3.05) is 0 Å². The lowest BCUT2D eigenvalue weighted by molar-refractivity contribution is 0.192. The van der Waals surface area contributed by atoms with Crippen LogP contribution in [0.1, 0.15) is 46.5 Å². The monoisotopic (exact) mass is 168 g/mol. The molecule has 0 spiro atoms. The summed E-state index contributed by atoms with van der Waals surface area (Å²) in [5.74, 6) is 0. The van der Waals surface area contributed by atoms with E-state index < -0.39 is 0 Å². The van der Waals surface area contributed by atoms with Crippen LogP contribution in [-0.2, 0) is 0 Å². The topological polar surface area (TPSA) is 20.2 Å². The molecule has 0 aliphatic heterocycles. The Morgan fingerprint density at radius 1 is 1.42 bits per heavy atom. The highest BCUT2D eigenvalue weighted by Crippen LogP contribution is 2.45. The second kappa shape index (κ2) is 3.61. The third kappa shape index (κ3) is 2.34. The molecule has 0 amide bonds. The molecule has 1 unspecified atom stereocenters. The Morgan fingerprint density at radius 2 is 2.00 bits per heavy atom. The SMILES string of the molecule is CCCCCC(O)C1=CC1(C)C. The van der Waals surface area contributed by atoms with Crippen LogP contribution in [0.15, 0.2) is 11.6 Å². The Balaban J connectivity index is 2.14. The molecule has 1 N–H and O–H groups in total. The minimum atomic E-state index is -0.161. The molecular weight excluding hydrogens is 148 g/mol. The maximum atomic E-state index is 9.68. The summed E-state index contributed by atoms with van der Waals surface area (Å²) in [6.07, 6.45) is 6.59. The first kappa shape index (κ1) is 9.79. The van der Waals surface area contributed by atoms with Crippen molar-refractivity contribution in [3.8, 4) is 0 Å². The predicted octanol–water partition coefficient (Wildman–Crippen LogP) is 2.89. The van der Waals surface area contributed by atoms with E-state index in [1.807, 2.05) is 0 Å². The third-order valence-electron chi connectivity index (χ3n) is 2.62. The molecule has 1 rings (SSSR count). The Morgan fingerprint density at radius 3 is 2.42 bits per heavy atom. The molecule has 1 nitrogen and oxygen atoms in total. The summed E-state index contributed by atoms with van der Waals surface area (Å²) in [5, 5.41) is 9.68. The lowest BCUT2D eigenvalue weighted by Gasteiger charge is -2.11. The standard InChI is InChI=1S/C11H20O/c1-4-5-6-7-10(12)9-8-11(9,2)3/h8,10,12H,4-7H2,1-3H3. The molecule has 0 bridgehead atoms. The highest BCUT2D eigenvalue weighted by Gasteiger charge is 2.37. The van der Waals surface area contributed by atoms with Gasteiger partial charge in [0.25, 0.3) is 0 Å². The molecule has 1 atom stereocenters. The molecule has 0 aromatic rings. The van der Waals surface area contributed by atoms with Gasteiger partial charge in [0.05, 0.1) is 6.10 Å². The first-order valence-corrected chi connectivity index (χ1v) is 4.99. The van der Waals surface area contributed by atoms with Gasteiger partial charge in [-0.25, -0.2) is 0 Å². The van der Waals surface area contributed by atoms with Gasteiger partial charge in [-0.05, 0) is 12.0 Å².